The van der Waals surface area contributed by atoms with Gasteiger partial charge in [-0.3, -0.25) is 4.79 Å². The highest BCUT2D eigenvalue weighted by molar-refractivity contribution is 5.77. The molecule has 0 aromatic heterocycles. The molecule has 0 aliphatic heterocycles. The monoisotopic (exact) mass is 259 g/mol. The third-order valence-electron chi connectivity index (χ3n) is 3.87. The molecule has 1 atom stereocenters. The molecule has 102 valence electrons. The fourth-order valence-corrected chi connectivity index (χ4v) is 2.16. The topological polar surface area (TPSA) is 49.3 Å². The lowest BCUT2D eigenvalue weighted by molar-refractivity contribution is -0.121. The highest BCUT2D eigenvalue weighted by Gasteiger charge is 2.42. The van der Waals surface area contributed by atoms with E-state index in [0.29, 0.717) is 13.0 Å². The zero-order valence-corrected chi connectivity index (χ0v) is 11.1. The molecule has 1 aliphatic rings. The number of carbonyl (C=O) groups is 1. The molecule has 0 spiro atoms. The van der Waals surface area contributed by atoms with Crippen LogP contribution in [0.1, 0.15) is 30.7 Å². The Labute approximate surface area is 114 Å². The Bertz CT molecular complexity index is 437. The van der Waals surface area contributed by atoms with Crippen LogP contribution in [0.4, 0.5) is 0 Å². The average Bonchev–Trinajstić information content (AvgIpc) is 3.24. The van der Waals surface area contributed by atoms with Crippen LogP contribution >= 0.6 is 0 Å². The standard InChI is InChI=1S/C16H21NO2/c1-2-13(14-6-4-3-5-7-14)10-15(19)17-11-16(12-18)8-9-16/h2-7,13,18H,1,8-12H2,(H,17,19). The largest absolute Gasteiger partial charge is 0.396 e. The number of hydrogen-bond acceptors (Lipinski definition) is 2. The molecule has 1 amide bonds. The number of nitrogens with one attached hydrogen (secondary N) is 1. The zero-order valence-electron chi connectivity index (χ0n) is 11.1. The van der Waals surface area contributed by atoms with Gasteiger partial charge in [0.1, 0.15) is 0 Å². The fourth-order valence-electron chi connectivity index (χ4n) is 2.16. The van der Waals surface area contributed by atoms with Gasteiger partial charge in [-0.25, -0.2) is 0 Å². The molecule has 0 saturated heterocycles. The van der Waals surface area contributed by atoms with Gasteiger partial charge in [0, 0.05) is 24.3 Å². The van der Waals surface area contributed by atoms with E-state index in [4.69, 9.17) is 0 Å². The van der Waals surface area contributed by atoms with Gasteiger partial charge in [-0.1, -0.05) is 36.4 Å². The van der Waals surface area contributed by atoms with Crippen LogP contribution in [0.5, 0.6) is 0 Å². The molecule has 1 saturated carbocycles. The van der Waals surface area contributed by atoms with Crippen LogP contribution in [-0.4, -0.2) is 24.2 Å². The summed E-state index contributed by atoms with van der Waals surface area (Å²) in [6, 6.07) is 9.91. The number of benzene rings is 1. The van der Waals surface area contributed by atoms with Crippen molar-refractivity contribution in [1.29, 1.82) is 0 Å². The Hall–Kier alpha value is -1.61. The van der Waals surface area contributed by atoms with Crippen molar-refractivity contribution in [3.63, 3.8) is 0 Å². The van der Waals surface area contributed by atoms with E-state index in [1.165, 1.54) is 0 Å². The molecular weight excluding hydrogens is 238 g/mol. The van der Waals surface area contributed by atoms with Gasteiger partial charge in [0.25, 0.3) is 0 Å². The molecule has 1 unspecified atom stereocenters. The van der Waals surface area contributed by atoms with Gasteiger partial charge >= 0.3 is 0 Å². The predicted molar refractivity (Wildman–Crippen MR) is 75.8 cm³/mol. The third-order valence-corrected chi connectivity index (χ3v) is 3.87. The molecule has 2 N–H and O–H groups in total. The molecule has 0 bridgehead atoms. The zero-order chi connectivity index (χ0) is 13.7. The normalized spacial score (nSPS) is 17.5. The quantitative estimate of drug-likeness (QED) is 0.738. The molecule has 2 rings (SSSR count). The van der Waals surface area contributed by atoms with Crippen molar-refractivity contribution < 1.29 is 9.90 Å². The van der Waals surface area contributed by atoms with E-state index in [1.54, 1.807) is 0 Å². The number of aliphatic hydroxyl groups excluding tert-OH is 1. The van der Waals surface area contributed by atoms with E-state index in [2.05, 4.69) is 11.9 Å². The summed E-state index contributed by atoms with van der Waals surface area (Å²) in [7, 11) is 0. The van der Waals surface area contributed by atoms with E-state index < -0.39 is 0 Å². The van der Waals surface area contributed by atoms with Crippen molar-refractivity contribution in [2.45, 2.75) is 25.2 Å². The summed E-state index contributed by atoms with van der Waals surface area (Å²) in [6.07, 6.45) is 4.24. The molecule has 0 heterocycles. The van der Waals surface area contributed by atoms with E-state index in [-0.39, 0.29) is 23.8 Å². The number of rotatable bonds is 7. The summed E-state index contributed by atoms with van der Waals surface area (Å²) in [5.74, 6) is 0.0685. The first kappa shape index (κ1) is 13.8. The minimum Gasteiger partial charge on any atom is -0.396 e. The van der Waals surface area contributed by atoms with E-state index >= 15 is 0 Å². The van der Waals surface area contributed by atoms with Crippen LogP contribution in [-0.2, 0) is 4.79 Å². The summed E-state index contributed by atoms with van der Waals surface area (Å²) in [5, 5.41) is 12.1. The summed E-state index contributed by atoms with van der Waals surface area (Å²) >= 11 is 0. The minimum atomic E-state index is -0.0356. The molecule has 1 aliphatic carbocycles. The lowest BCUT2D eigenvalue weighted by Crippen LogP contribution is -2.32. The Morgan fingerprint density at radius 1 is 1.42 bits per heavy atom. The molecule has 1 aromatic rings. The van der Waals surface area contributed by atoms with Crippen LogP contribution in [0.3, 0.4) is 0 Å². The third kappa shape index (κ3) is 3.67. The molecule has 19 heavy (non-hydrogen) atoms. The second-order valence-electron chi connectivity index (χ2n) is 5.39. The summed E-state index contributed by atoms with van der Waals surface area (Å²) < 4.78 is 0. The summed E-state index contributed by atoms with van der Waals surface area (Å²) in [6.45, 7) is 4.56. The molecule has 3 heteroatoms. The van der Waals surface area contributed by atoms with Gasteiger partial charge in [-0.2, -0.15) is 0 Å². The van der Waals surface area contributed by atoms with Gasteiger partial charge in [0.2, 0.25) is 5.91 Å². The first-order chi connectivity index (χ1) is 9.19. The maximum absolute atomic E-state index is 11.9. The van der Waals surface area contributed by atoms with Crippen LogP contribution in [0, 0.1) is 5.41 Å². The van der Waals surface area contributed by atoms with E-state index in [1.807, 2.05) is 36.4 Å². The van der Waals surface area contributed by atoms with Crippen molar-refractivity contribution in [1.82, 2.24) is 5.32 Å². The molecule has 1 fully saturated rings. The van der Waals surface area contributed by atoms with Gasteiger partial charge in [-0.05, 0) is 18.4 Å². The van der Waals surface area contributed by atoms with Gasteiger partial charge in [0.05, 0.1) is 6.61 Å². The highest BCUT2D eigenvalue weighted by atomic mass is 16.3. The van der Waals surface area contributed by atoms with Gasteiger partial charge in [-0.15, -0.1) is 6.58 Å². The molecule has 0 radical (unpaired) electrons. The summed E-state index contributed by atoms with van der Waals surface area (Å²) in [4.78, 5) is 11.9. The van der Waals surface area contributed by atoms with Crippen LogP contribution in [0.2, 0.25) is 0 Å². The first-order valence-electron chi connectivity index (χ1n) is 6.74. The fraction of sp³-hybridized carbons (Fsp3) is 0.438. The second kappa shape index (κ2) is 6.02. The van der Waals surface area contributed by atoms with Crippen LogP contribution < -0.4 is 5.32 Å². The van der Waals surface area contributed by atoms with E-state index in [9.17, 15) is 9.90 Å². The van der Waals surface area contributed by atoms with Gasteiger partial charge in [0.15, 0.2) is 0 Å². The number of allylic oxidation sites excluding steroid dienone is 1. The number of hydrogen-bond donors (Lipinski definition) is 2. The van der Waals surface area contributed by atoms with Gasteiger partial charge < -0.3 is 10.4 Å². The van der Waals surface area contributed by atoms with Crippen molar-refractivity contribution in [3.05, 3.63) is 48.6 Å². The van der Waals surface area contributed by atoms with Crippen LogP contribution in [0.25, 0.3) is 0 Å². The molecular formula is C16H21NO2. The molecule has 1 aromatic carbocycles. The average molecular weight is 259 g/mol. The number of aliphatic hydroxyl groups is 1. The maximum Gasteiger partial charge on any atom is 0.220 e. The Morgan fingerprint density at radius 3 is 2.63 bits per heavy atom. The lowest BCUT2D eigenvalue weighted by atomic mass is 9.95. The van der Waals surface area contributed by atoms with Crippen LogP contribution in [0.15, 0.2) is 43.0 Å². The lowest BCUT2D eigenvalue weighted by Gasteiger charge is -2.16. The van der Waals surface area contributed by atoms with Crippen molar-refractivity contribution >= 4 is 5.91 Å². The van der Waals surface area contributed by atoms with Crippen molar-refractivity contribution in [3.8, 4) is 0 Å². The first-order valence-corrected chi connectivity index (χ1v) is 6.74. The highest BCUT2D eigenvalue weighted by Crippen LogP contribution is 2.44. The predicted octanol–water partition coefficient (Wildman–Crippen LogP) is 2.24. The van der Waals surface area contributed by atoms with Crippen molar-refractivity contribution in [2.24, 2.45) is 5.41 Å². The van der Waals surface area contributed by atoms with Crippen molar-refractivity contribution in [2.75, 3.05) is 13.2 Å². The summed E-state index contributed by atoms with van der Waals surface area (Å²) in [5.41, 5.74) is 1.07. The minimum absolute atomic E-state index is 0.0217. The Balaban J connectivity index is 1.85. The maximum atomic E-state index is 11.9. The number of amides is 1. The SMILES string of the molecule is C=CC(CC(=O)NCC1(CO)CC1)c1ccccc1. The smallest absolute Gasteiger partial charge is 0.220 e. The Kier molecular flexibility index (Phi) is 4.38. The van der Waals surface area contributed by atoms with E-state index in [0.717, 1.165) is 18.4 Å². The second-order valence-corrected chi connectivity index (χ2v) is 5.39. The molecule has 3 nitrogen and oxygen atoms in total. The Morgan fingerprint density at radius 2 is 2.11 bits per heavy atom. The number of carbonyl (C=O) groups excluding carboxylic acids is 1.